The highest BCUT2D eigenvalue weighted by molar-refractivity contribution is 5.96. The quantitative estimate of drug-likeness (QED) is 0.645. The highest BCUT2D eigenvalue weighted by Gasteiger charge is 2.18. The summed E-state index contributed by atoms with van der Waals surface area (Å²) in [6.45, 7) is 1.96. The molecular weight excluding hydrogens is 228 g/mol. The number of nitrogens with zero attached hydrogens (tertiary/aromatic N) is 1. The topological polar surface area (TPSA) is 55.6 Å². The van der Waals surface area contributed by atoms with Crippen LogP contribution in [0.4, 0.5) is 11.4 Å². The summed E-state index contributed by atoms with van der Waals surface area (Å²) in [5.74, 6) is -0.297. The summed E-state index contributed by atoms with van der Waals surface area (Å²) in [6.07, 6.45) is 4.84. The molecule has 2 rings (SSSR count). The lowest BCUT2D eigenvalue weighted by Gasteiger charge is -2.25. The van der Waals surface area contributed by atoms with E-state index in [1.807, 2.05) is 6.07 Å². The van der Waals surface area contributed by atoms with Crippen LogP contribution in [0, 0.1) is 0 Å². The molecule has 0 aliphatic carbocycles. The first-order valence-electron chi connectivity index (χ1n) is 6.45. The van der Waals surface area contributed by atoms with Gasteiger partial charge in [0.25, 0.3) is 0 Å². The Hall–Kier alpha value is -1.71. The first-order valence-corrected chi connectivity index (χ1v) is 6.45. The first-order chi connectivity index (χ1) is 8.72. The number of hydrogen-bond acceptors (Lipinski definition) is 4. The maximum atomic E-state index is 11.8. The Kier molecular flexibility index (Phi) is 4.07. The van der Waals surface area contributed by atoms with Crippen molar-refractivity contribution in [2.24, 2.45) is 0 Å². The van der Waals surface area contributed by atoms with Crippen LogP contribution in [0.1, 0.15) is 36.0 Å². The van der Waals surface area contributed by atoms with Crippen molar-refractivity contribution in [2.75, 3.05) is 30.8 Å². The van der Waals surface area contributed by atoms with Gasteiger partial charge in [-0.15, -0.1) is 0 Å². The molecule has 0 radical (unpaired) electrons. The number of nitrogens with two attached hydrogens (primary N) is 1. The fourth-order valence-electron chi connectivity index (χ4n) is 2.40. The monoisotopic (exact) mass is 248 g/mol. The number of hydrogen-bond donors (Lipinski definition) is 1. The molecule has 2 N–H and O–H groups in total. The Morgan fingerprint density at radius 1 is 1.22 bits per heavy atom. The highest BCUT2D eigenvalue weighted by atomic mass is 16.5. The summed E-state index contributed by atoms with van der Waals surface area (Å²) >= 11 is 0. The Labute approximate surface area is 108 Å². The molecule has 1 saturated heterocycles. The molecule has 0 amide bonds. The molecule has 1 fully saturated rings. The number of rotatable bonds is 2. The number of nitrogen functional groups attached to an aromatic ring is 1. The van der Waals surface area contributed by atoms with E-state index in [-0.39, 0.29) is 5.97 Å². The van der Waals surface area contributed by atoms with Crippen LogP contribution in [-0.4, -0.2) is 26.2 Å². The van der Waals surface area contributed by atoms with E-state index in [4.69, 9.17) is 10.5 Å². The molecule has 4 heteroatoms. The normalized spacial score (nSPS) is 16.2. The van der Waals surface area contributed by atoms with Gasteiger partial charge in [-0.2, -0.15) is 0 Å². The van der Waals surface area contributed by atoms with Gasteiger partial charge in [-0.3, -0.25) is 0 Å². The van der Waals surface area contributed by atoms with Crippen LogP contribution in [0.15, 0.2) is 18.2 Å². The molecule has 1 aliphatic rings. The molecule has 98 valence electrons. The SMILES string of the molecule is COC(=O)c1ccc(N)cc1N1CCCCCC1. The zero-order chi connectivity index (χ0) is 13.0. The molecule has 18 heavy (non-hydrogen) atoms. The third kappa shape index (κ3) is 2.75. The maximum Gasteiger partial charge on any atom is 0.339 e. The lowest BCUT2D eigenvalue weighted by atomic mass is 10.1. The standard InChI is InChI=1S/C14H20N2O2/c1-18-14(17)12-7-6-11(15)10-13(12)16-8-4-2-3-5-9-16/h6-7,10H,2-5,8-9,15H2,1H3. The van der Waals surface area contributed by atoms with Crippen LogP contribution >= 0.6 is 0 Å². The molecule has 0 atom stereocenters. The van der Waals surface area contributed by atoms with Crippen LogP contribution in [0.25, 0.3) is 0 Å². The van der Waals surface area contributed by atoms with Crippen LogP contribution in [0.5, 0.6) is 0 Å². The fourth-order valence-corrected chi connectivity index (χ4v) is 2.40. The molecule has 1 aromatic rings. The molecule has 0 spiro atoms. The van der Waals surface area contributed by atoms with Crippen molar-refractivity contribution in [1.82, 2.24) is 0 Å². The predicted molar refractivity (Wildman–Crippen MR) is 72.9 cm³/mol. The van der Waals surface area contributed by atoms with Crippen LogP contribution in [-0.2, 0) is 4.74 Å². The second-order valence-corrected chi connectivity index (χ2v) is 4.67. The number of carbonyl (C=O) groups excluding carboxylic acids is 1. The number of benzene rings is 1. The lowest BCUT2D eigenvalue weighted by molar-refractivity contribution is 0.0601. The van der Waals surface area contributed by atoms with Crippen molar-refractivity contribution >= 4 is 17.3 Å². The largest absolute Gasteiger partial charge is 0.465 e. The molecule has 0 unspecified atom stereocenters. The summed E-state index contributed by atoms with van der Waals surface area (Å²) < 4.78 is 4.83. The van der Waals surface area contributed by atoms with E-state index < -0.39 is 0 Å². The van der Waals surface area contributed by atoms with Crippen molar-refractivity contribution in [3.63, 3.8) is 0 Å². The average molecular weight is 248 g/mol. The number of esters is 1. The van der Waals surface area contributed by atoms with E-state index >= 15 is 0 Å². The van der Waals surface area contributed by atoms with Gasteiger partial charge in [0.1, 0.15) is 0 Å². The molecule has 1 aliphatic heterocycles. The van der Waals surface area contributed by atoms with Crippen LogP contribution in [0.2, 0.25) is 0 Å². The van der Waals surface area contributed by atoms with Gasteiger partial charge < -0.3 is 15.4 Å². The molecule has 0 aromatic heterocycles. The van der Waals surface area contributed by atoms with Crippen molar-refractivity contribution in [3.05, 3.63) is 23.8 Å². The lowest BCUT2D eigenvalue weighted by Crippen LogP contribution is -2.26. The predicted octanol–water partition coefficient (Wildman–Crippen LogP) is 2.44. The fraction of sp³-hybridized carbons (Fsp3) is 0.500. The summed E-state index contributed by atoms with van der Waals surface area (Å²) in [5, 5.41) is 0. The molecule has 0 saturated carbocycles. The van der Waals surface area contributed by atoms with E-state index in [0.29, 0.717) is 11.3 Å². The maximum absolute atomic E-state index is 11.8. The van der Waals surface area contributed by atoms with Gasteiger partial charge in [-0.25, -0.2) is 4.79 Å². The van der Waals surface area contributed by atoms with Gasteiger partial charge >= 0.3 is 5.97 Å². The molecule has 0 bridgehead atoms. The van der Waals surface area contributed by atoms with Crippen molar-refractivity contribution < 1.29 is 9.53 Å². The van der Waals surface area contributed by atoms with Gasteiger partial charge in [-0.1, -0.05) is 12.8 Å². The van der Waals surface area contributed by atoms with Gasteiger partial charge in [0.2, 0.25) is 0 Å². The Morgan fingerprint density at radius 3 is 2.50 bits per heavy atom. The van der Waals surface area contributed by atoms with E-state index in [0.717, 1.165) is 31.6 Å². The molecule has 4 nitrogen and oxygen atoms in total. The zero-order valence-corrected chi connectivity index (χ0v) is 10.8. The Balaban J connectivity index is 2.33. The number of ether oxygens (including phenoxy) is 1. The minimum atomic E-state index is -0.297. The van der Waals surface area contributed by atoms with E-state index in [9.17, 15) is 4.79 Å². The number of carbonyl (C=O) groups is 1. The summed E-state index contributed by atoms with van der Waals surface area (Å²) in [6, 6.07) is 5.37. The average Bonchev–Trinajstić information content (AvgIpc) is 2.66. The van der Waals surface area contributed by atoms with Gasteiger partial charge in [0.15, 0.2) is 0 Å². The summed E-state index contributed by atoms with van der Waals surface area (Å²) in [7, 11) is 1.41. The van der Waals surface area contributed by atoms with E-state index in [1.54, 1.807) is 12.1 Å². The smallest absolute Gasteiger partial charge is 0.339 e. The Bertz CT molecular complexity index is 424. The van der Waals surface area contributed by atoms with Crippen molar-refractivity contribution in [2.45, 2.75) is 25.7 Å². The number of methoxy groups -OCH3 is 1. The minimum Gasteiger partial charge on any atom is -0.465 e. The number of anilines is 2. The van der Waals surface area contributed by atoms with Gasteiger partial charge in [-0.05, 0) is 31.0 Å². The van der Waals surface area contributed by atoms with Crippen LogP contribution < -0.4 is 10.6 Å². The van der Waals surface area contributed by atoms with Crippen molar-refractivity contribution in [1.29, 1.82) is 0 Å². The van der Waals surface area contributed by atoms with E-state index in [1.165, 1.54) is 20.0 Å². The minimum absolute atomic E-state index is 0.297. The first kappa shape index (κ1) is 12.7. The Morgan fingerprint density at radius 2 is 1.89 bits per heavy atom. The zero-order valence-electron chi connectivity index (χ0n) is 10.8. The van der Waals surface area contributed by atoms with E-state index in [2.05, 4.69) is 4.90 Å². The summed E-state index contributed by atoms with van der Waals surface area (Å²) in [5.41, 5.74) is 8.03. The van der Waals surface area contributed by atoms with Crippen LogP contribution in [0.3, 0.4) is 0 Å². The molecular formula is C14H20N2O2. The molecule has 1 heterocycles. The summed E-state index contributed by atoms with van der Waals surface area (Å²) in [4.78, 5) is 14.0. The third-order valence-electron chi connectivity index (χ3n) is 3.37. The van der Waals surface area contributed by atoms with Gasteiger partial charge in [0, 0.05) is 18.8 Å². The second-order valence-electron chi connectivity index (χ2n) is 4.67. The van der Waals surface area contributed by atoms with Gasteiger partial charge in [0.05, 0.1) is 18.4 Å². The highest BCUT2D eigenvalue weighted by Crippen LogP contribution is 2.26. The van der Waals surface area contributed by atoms with Crippen molar-refractivity contribution in [3.8, 4) is 0 Å². The second kappa shape index (κ2) is 5.76. The molecule has 1 aromatic carbocycles. The third-order valence-corrected chi connectivity index (χ3v) is 3.37.